The lowest BCUT2D eigenvalue weighted by molar-refractivity contribution is -0.139. The summed E-state index contributed by atoms with van der Waals surface area (Å²) in [4.78, 5) is 10.5. The zero-order valence-corrected chi connectivity index (χ0v) is 7.13. The molecule has 1 aliphatic rings. The average molecular weight is 167 g/mol. The predicted molar refractivity (Wildman–Crippen MR) is 45.6 cm³/mol. The normalized spacial score (nSPS) is 27.8. The Morgan fingerprint density at radius 3 is 2.92 bits per heavy atom. The van der Waals surface area contributed by atoms with Gasteiger partial charge in [-0.05, 0) is 19.8 Å². The van der Waals surface area contributed by atoms with Gasteiger partial charge < -0.3 is 10.4 Å². The molecule has 1 fully saturated rings. The van der Waals surface area contributed by atoms with Gasteiger partial charge in [0.05, 0.1) is 0 Å². The quantitative estimate of drug-likeness (QED) is 0.592. The van der Waals surface area contributed by atoms with Crippen molar-refractivity contribution in [3.05, 3.63) is 0 Å². The van der Waals surface area contributed by atoms with Crippen LogP contribution < -0.4 is 5.32 Å². The molecule has 1 rings (SSSR count). The van der Waals surface area contributed by atoms with Crippen LogP contribution in [0, 0.1) is 11.8 Å². The number of nitrogens with one attached hydrogen (secondary N) is 1. The highest BCUT2D eigenvalue weighted by molar-refractivity contribution is 5.73. The van der Waals surface area contributed by atoms with Crippen LogP contribution in [0.5, 0.6) is 0 Å². The van der Waals surface area contributed by atoms with E-state index >= 15 is 0 Å². The third kappa shape index (κ3) is 2.24. The fourth-order valence-corrected chi connectivity index (χ4v) is 1.40. The molecule has 2 unspecified atom stereocenters. The van der Waals surface area contributed by atoms with Gasteiger partial charge in [-0.15, -0.1) is 11.8 Å². The van der Waals surface area contributed by atoms with Crippen LogP contribution in [0.1, 0.15) is 26.2 Å². The molecule has 0 aromatic heterocycles. The van der Waals surface area contributed by atoms with E-state index in [2.05, 4.69) is 17.2 Å². The third-order valence-electron chi connectivity index (χ3n) is 2.06. The molecule has 66 valence electrons. The van der Waals surface area contributed by atoms with Gasteiger partial charge in [0.2, 0.25) is 0 Å². The molecule has 2 N–H and O–H groups in total. The lowest BCUT2D eigenvalue weighted by Gasteiger charge is -2.07. The highest BCUT2D eigenvalue weighted by atomic mass is 16.4. The fourth-order valence-electron chi connectivity index (χ4n) is 1.40. The summed E-state index contributed by atoms with van der Waals surface area (Å²) in [6.07, 6.45) is 2.41. The second-order valence-electron chi connectivity index (χ2n) is 2.96. The molecule has 2 atom stereocenters. The number of aliphatic carboxylic acids is 1. The molecule has 0 radical (unpaired) electrons. The number of hydrogen-bond donors (Lipinski definition) is 2. The summed E-state index contributed by atoms with van der Waals surface area (Å²) in [6, 6.07) is -0.0767. The van der Waals surface area contributed by atoms with Crippen LogP contribution in [0.4, 0.5) is 0 Å². The van der Waals surface area contributed by atoms with Crippen molar-refractivity contribution in [2.24, 2.45) is 0 Å². The molecule has 1 aliphatic heterocycles. The monoisotopic (exact) mass is 167 g/mol. The Morgan fingerprint density at radius 1 is 1.67 bits per heavy atom. The maximum Gasteiger partial charge on any atom is 0.320 e. The number of carbonyl (C=O) groups is 1. The van der Waals surface area contributed by atoms with Gasteiger partial charge in [0.15, 0.2) is 0 Å². The van der Waals surface area contributed by atoms with Crippen molar-refractivity contribution in [3.63, 3.8) is 0 Å². The van der Waals surface area contributed by atoms with Crippen molar-refractivity contribution in [2.75, 3.05) is 0 Å². The Morgan fingerprint density at radius 2 is 2.42 bits per heavy atom. The zero-order valence-electron chi connectivity index (χ0n) is 7.13. The van der Waals surface area contributed by atoms with Crippen molar-refractivity contribution >= 4 is 5.97 Å². The molecule has 3 heteroatoms. The SMILES string of the molecule is CC#CCC1CCC(C(=O)O)N1. The molecular weight excluding hydrogens is 154 g/mol. The minimum atomic E-state index is -0.748. The summed E-state index contributed by atoms with van der Waals surface area (Å²) in [5, 5.41) is 11.7. The standard InChI is InChI=1S/C9H13NO2/c1-2-3-4-7-5-6-8(10-7)9(11)12/h7-8,10H,4-6H2,1H3,(H,11,12). The number of carboxylic acid groups (broad SMARTS) is 1. The van der Waals surface area contributed by atoms with E-state index in [0.29, 0.717) is 0 Å². The van der Waals surface area contributed by atoms with E-state index in [0.717, 1.165) is 19.3 Å². The predicted octanol–water partition coefficient (Wildman–Crippen LogP) is 0.605. The number of hydrogen-bond acceptors (Lipinski definition) is 2. The molecule has 12 heavy (non-hydrogen) atoms. The number of rotatable bonds is 2. The Balaban J connectivity index is 2.33. The lowest BCUT2D eigenvalue weighted by atomic mass is 10.1. The van der Waals surface area contributed by atoms with E-state index in [4.69, 9.17) is 5.11 Å². The highest BCUT2D eigenvalue weighted by Crippen LogP contribution is 2.14. The molecule has 0 saturated carbocycles. The first kappa shape index (κ1) is 9.08. The van der Waals surface area contributed by atoms with Gasteiger partial charge in [0.25, 0.3) is 0 Å². The summed E-state index contributed by atoms with van der Waals surface area (Å²) in [5.41, 5.74) is 0. The van der Waals surface area contributed by atoms with Gasteiger partial charge >= 0.3 is 5.97 Å². The largest absolute Gasteiger partial charge is 0.480 e. The van der Waals surface area contributed by atoms with Crippen LogP contribution in [-0.2, 0) is 4.79 Å². The molecule has 0 bridgehead atoms. The van der Waals surface area contributed by atoms with E-state index in [-0.39, 0.29) is 12.1 Å². The maximum atomic E-state index is 10.5. The third-order valence-corrected chi connectivity index (χ3v) is 2.06. The van der Waals surface area contributed by atoms with E-state index in [1.54, 1.807) is 6.92 Å². The van der Waals surface area contributed by atoms with E-state index < -0.39 is 5.97 Å². The fraction of sp³-hybridized carbons (Fsp3) is 0.667. The van der Waals surface area contributed by atoms with Gasteiger partial charge in [-0.25, -0.2) is 0 Å². The minimum absolute atomic E-state index is 0.276. The van der Waals surface area contributed by atoms with Crippen molar-refractivity contribution in [1.82, 2.24) is 5.32 Å². The van der Waals surface area contributed by atoms with E-state index in [1.807, 2.05) is 0 Å². The summed E-state index contributed by atoms with van der Waals surface area (Å²) in [7, 11) is 0. The maximum absolute atomic E-state index is 10.5. The van der Waals surface area contributed by atoms with Crippen molar-refractivity contribution in [2.45, 2.75) is 38.3 Å². The Kier molecular flexibility index (Phi) is 3.12. The summed E-state index contributed by atoms with van der Waals surface area (Å²) in [5.74, 6) is 5.00. The summed E-state index contributed by atoms with van der Waals surface area (Å²) >= 11 is 0. The Bertz CT molecular complexity index is 226. The number of carboxylic acids is 1. The Hall–Kier alpha value is -1.01. The van der Waals surface area contributed by atoms with E-state index in [1.165, 1.54) is 0 Å². The molecule has 0 aromatic rings. The van der Waals surface area contributed by atoms with Crippen LogP contribution in [-0.4, -0.2) is 23.2 Å². The van der Waals surface area contributed by atoms with E-state index in [9.17, 15) is 4.79 Å². The first-order chi connectivity index (χ1) is 5.74. The molecule has 0 aromatic carbocycles. The first-order valence-corrected chi connectivity index (χ1v) is 4.12. The first-order valence-electron chi connectivity index (χ1n) is 4.12. The van der Waals surface area contributed by atoms with Crippen molar-refractivity contribution < 1.29 is 9.90 Å². The molecule has 3 nitrogen and oxygen atoms in total. The summed E-state index contributed by atoms with van der Waals surface area (Å²) < 4.78 is 0. The van der Waals surface area contributed by atoms with Crippen molar-refractivity contribution in [1.29, 1.82) is 0 Å². The zero-order chi connectivity index (χ0) is 8.97. The molecule has 0 spiro atoms. The van der Waals surface area contributed by atoms with Crippen LogP contribution in [0.25, 0.3) is 0 Å². The molecule has 0 amide bonds. The van der Waals surface area contributed by atoms with Crippen LogP contribution in [0.3, 0.4) is 0 Å². The smallest absolute Gasteiger partial charge is 0.320 e. The second kappa shape index (κ2) is 4.13. The van der Waals surface area contributed by atoms with Gasteiger partial charge in [0, 0.05) is 12.5 Å². The van der Waals surface area contributed by atoms with Gasteiger partial charge in [-0.1, -0.05) is 0 Å². The topological polar surface area (TPSA) is 49.3 Å². The minimum Gasteiger partial charge on any atom is -0.480 e. The van der Waals surface area contributed by atoms with Gasteiger partial charge in [0.1, 0.15) is 6.04 Å². The van der Waals surface area contributed by atoms with Crippen LogP contribution in [0.15, 0.2) is 0 Å². The molecule has 1 saturated heterocycles. The van der Waals surface area contributed by atoms with Crippen LogP contribution in [0.2, 0.25) is 0 Å². The van der Waals surface area contributed by atoms with Crippen molar-refractivity contribution in [3.8, 4) is 11.8 Å². The van der Waals surface area contributed by atoms with Gasteiger partial charge in [-0.2, -0.15) is 0 Å². The molecule has 1 heterocycles. The second-order valence-corrected chi connectivity index (χ2v) is 2.96. The Labute approximate surface area is 72.2 Å². The average Bonchev–Trinajstić information content (AvgIpc) is 2.48. The lowest BCUT2D eigenvalue weighted by Crippen LogP contribution is -2.35. The highest BCUT2D eigenvalue weighted by Gasteiger charge is 2.27. The van der Waals surface area contributed by atoms with Crippen LogP contribution >= 0.6 is 0 Å². The molecule has 0 aliphatic carbocycles. The summed E-state index contributed by atoms with van der Waals surface area (Å²) in [6.45, 7) is 1.80. The van der Waals surface area contributed by atoms with Gasteiger partial charge in [-0.3, -0.25) is 4.79 Å². The molecular formula is C9H13NO2.